The largest absolute Gasteiger partial charge is 0.358 e. The SMILES string of the molecule is CC1Cc2[nH]c3ccccc3c2C(c2c(F)cc(I)cc2F)N1CC(F)(F)CCS(c1ccccc1)(c1ccccc1)C(C)(C)C. The van der Waals surface area contributed by atoms with E-state index >= 15 is 17.6 Å². The van der Waals surface area contributed by atoms with Gasteiger partial charge in [-0.25, -0.2) is 17.6 Å². The predicted molar refractivity (Wildman–Crippen MR) is 190 cm³/mol. The highest BCUT2D eigenvalue weighted by molar-refractivity contribution is 14.1. The Labute approximate surface area is 284 Å². The summed E-state index contributed by atoms with van der Waals surface area (Å²) in [4.78, 5) is 7.19. The lowest BCUT2D eigenvalue weighted by atomic mass is 9.86. The molecular formula is C38H39F4IN2S. The maximum atomic E-state index is 16.7. The number of hydrogen-bond donors (Lipinski definition) is 1. The quantitative estimate of drug-likeness (QED) is 0.123. The molecule has 242 valence electrons. The van der Waals surface area contributed by atoms with Crippen molar-refractivity contribution < 1.29 is 17.6 Å². The van der Waals surface area contributed by atoms with Gasteiger partial charge in [0.05, 0.1) is 12.6 Å². The van der Waals surface area contributed by atoms with Crippen LogP contribution in [-0.4, -0.2) is 38.9 Å². The van der Waals surface area contributed by atoms with E-state index in [1.807, 2.05) is 90.2 Å². The molecule has 2 unspecified atom stereocenters. The van der Waals surface area contributed by atoms with Crippen LogP contribution in [0.1, 0.15) is 57.0 Å². The number of H-pyrrole nitrogens is 1. The monoisotopic (exact) mass is 758 g/mol. The molecule has 1 N–H and O–H groups in total. The smallest absolute Gasteiger partial charge is 0.261 e. The molecule has 2 atom stereocenters. The van der Waals surface area contributed by atoms with Gasteiger partial charge in [-0.3, -0.25) is 4.90 Å². The summed E-state index contributed by atoms with van der Waals surface area (Å²) in [5, 5.41) is 0.796. The summed E-state index contributed by atoms with van der Waals surface area (Å²) in [5.41, 5.74) is 2.15. The average molecular weight is 759 g/mol. The number of benzene rings is 4. The van der Waals surface area contributed by atoms with Crippen LogP contribution in [0.4, 0.5) is 17.6 Å². The molecule has 1 aliphatic heterocycles. The Bertz CT molecular complexity index is 1770. The van der Waals surface area contributed by atoms with E-state index in [1.54, 1.807) is 4.90 Å². The first-order chi connectivity index (χ1) is 21.8. The Morgan fingerprint density at radius 1 is 0.826 bits per heavy atom. The summed E-state index contributed by atoms with van der Waals surface area (Å²) < 4.78 is 65.0. The van der Waals surface area contributed by atoms with Crippen LogP contribution in [-0.2, 0) is 6.42 Å². The molecule has 5 aromatic rings. The molecule has 4 aromatic carbocycles. The van der Waals surface area contributed by atoms with Crippen LogP contribution in [0.25, 0.3) is 10.9 Å². The van der Waals surface area contributed by atoms with Crippen molar-refractivity contribution >= 4 is 43.5 Å². The van der Waals surface area contributed by atoms with Gasteiger partial charge in [0.25, 0.3) is 5.92 Å². The maximum Gasteiger partial charge on any atom is 0.261 e. The number of halogens is 5. The number of alkyl halides is 2. The summed E-state index contributed by atoms with van der Waals surface area (Å²) in [7, 11) is -1.93. The molecule has 2 nitrogen and oxygen atoms in total. The van der Waals surface area contributed by atoms with E-state index in [0.29, 0.717) is 15.6 Å². The zero-order valence-electron chi connectivity index (χ0n) is 26.5. The third kappa shape index (κ3) is 6.01. The molecule has 0 aliphatic carbocycles. The Morgan fingerprint density at radius 2 is 1.37 bits per heavy atom. The van der Waals surface area contributed by atoms with Crippen molar-refractivity contribution in [2.75, 3.05) is 12.3 Å². The number of hydrogen-bond acceptors (Lipinski definition) is 1. The van der Waals surface area contributed by atoms with Gasteiger partial charge >= 0.3 is 0 Å². The van der Waals surface area contributed by atoms with E-state index in [4.69, 9.17) is 0 Å². The normalized spacial score (nSPS) is 18.1. The molecule has 0 saturated heterocycles. The van der Waals surface area contributed by atoms with Crippen LogP contribution in [0.3, 0.4) is 0 Å². The molecule has 0 saturated carbocycles. The molecule has 0 amide bonds. The first kappa shape index (κ1) is 33.1. The fraction of sp³-hybridized carbons (Fsp3) is 0.316. The summed E-state index contributed by atoms with van der Waals surface area (Å²) in [6, 6.07) is 28.8. The third-order valence-electron chi connectivity index (χ3n) is 9.34. The molecule has 1 aliphatic rings. The van der Waals surface area contributed by atoms with Gasteiger partial charge in [-0.1, -0.05) is 75.4 Å². The molecule has 0 radical (unpaired) electrons. The van der Waals surface area contributed by atoms with Crippen LogP contribution in [0, 0.1) is 15.2 Å². The van der Waals surface area contributed by atoms with E-state index in [1.165, 1.54) is 12.1 Å². The zero-order valence-corrected chi connectivity index (χ0v) is 29.4. The van der Waals surface area contributed by atoms with E-state index < -0.39 is 46.2 Å². The van der Waals surface area contributed by atoms with E-state index in [9.17, 15) is 0 Å². The van der Waals surface area contributed by atoms with Crippen molar-refractivity contribution in [1.82, 2.24) is 9.88 Å². The lowest BCUT2D eigenvalue weighted by Crippen LogP contribution is -2.49. The molecule has 1 aromatic heterocycles. The number of para-hydroxylation sites is 1. The lowest BCUT2D eigenvalue weighted by molar-refractivity contribution is -0.0540. The van der Waals surface area contributed by atoms with Gasteiger partial charge in [0.15, 0.2) is 0 Å². The highest BCUT2D eigenvalue weighted by Gasteiger charge is 2.46. The minimum atomic E-state index is -3.14. The lowest BCUT2D eigenvalue weighted by Gasteiger charge is -2.52. The van der Waals surface area contributed by atoms with Crippen LogP contribution in [0.2, 0.25) is 0 Å². The van der Waals surface area contributed by atoms with Gasteiger partial charge in [0.2, 0.25) is 0 Å². The molecule has 2 heterocycles. The second-order valence-corrected chi connectivity index (χ2v) is 18.6. The summed E-state index contributed by atoms with van der Waals surface area (Å²) in [6.45, 7) is 7.68. The summed E-state index contributed by atoms with van der Waals surface area (Å²) in [6.07, 6.45) is 0.104. The van der Waals surface area contributed by atoms with Crippen molar-refractivity contribution in [3.8, 4) is 0 Å². The fourth-order valence-electron chi connectivity index (χ4n) is 7.24. The summed E-state index contributed by atoms with van der Waals surface area (Å²) in [5.74, 6) is -4.32. The van der Waals surface area contributed by atoms with Gasteiger partial charge in [-0.05, 0) is 92.3 Å². The number of nitrogens with zero attached hydrogens (tertiary/aromatic N) is 1. The molecule has 0 fully saturated rings. The first-order valence-electron chi connectivity index (χ1n) is 15.6. The number of aromatic nitrogens is 1. The molecule has 46 heavy (non-hydrogen) atoms. The number of rotatable bonds is 8. The van der Waals surface area contributed by atoms with Crippen molar-refractivity contribution in [1.29, 1.82) is 0 Å². The fourth-order valence-corrected chi connectivity index (χ4v) is 12.4. The topological polar surface area (TPSA) is 19.0 Å². The highest BCUT2D eigenvalue weighted by atomic mass is 127. The van der Waals surface area contributed by atoms with Crippen molar-refractivity contribution in [2.45, 2.75) is 73.1 Å². The van der Waals surface area contributed by atoms with Crippen LogP contribution < -0.4 is 0 Å². The number of fused-ring (bicyclic) bond motifs is 3. The first-order valence-corrected chi connectivity index (χ1v) is 18.5. The minimum Gasteiger partial charge on any atom is -0.358 e. The number of aromatic amines is 1. The summed E-state index contributed by atoms with van der Waals surface area (Å²) >= 11 is 1.88. The predicted octanol–water partition coefficient (Wildman–Crippen LogP) is 11.1. The molecule has 0 bridgehead atoms. The standard InChI is InChI=1S/C38H39F4IN2S/c1-25-21-33-34(29-17-11-12-18-32(29)44-33)36(35-30(39)22-26(43)23-31(35)40)45(25)24-38(41,42)19-20-46(37(2,3)4,27-13-7-5-8-14-27)28-15-9-6-10-16-28/h5-18,22-23,25,36,44H,19-21,24H2,1-4H3. The molecule has 8 heteroatoms. The average Bonchev–Trinajstić information content (AvgIpc) is 3.36. The Kier molecular flexibility index (Phi) is 9.10. The second kappa shape index (κ2) is 12.7. The highest BCUT2D eigenvalue weighted by Crippen LogP contribution is 2.71. The Balaban J connectivity index is 1.42. The molecule has 6 rings (SSSR count). The minimum absolute atomic E-state index is 0.183. The van der Waals surface area contributed by atoms with E-state index in [-0.39, 0.29) is 22.5 Å². The third-order valence-corrected chi connectivity index (χ3v) is 15.0. The van der Waals surface area contributed by atoms with Crippen molar-refractivity contribution in [3.63, 3.8) is 0 Å². The van der Waals surface area contributed by atoms with Gasteiger partial charge in [0.1, 0.15) is 11.6 Å². The Hall–Kier alpha value is -2.82. The zero-order chi connectivity index (χ0) is 32.9. The van der Waals surface area contributed by atoms with Crippen LogP contribution in [0.15, 0.2) is 107 Å². The van der Waals surface area contributed by atoms with Gasteiger partial charge in [-0.2, -0.15) is 10.0 Å². The molecular weight excluding hydrogens is 719 g/mol. The van der Waals surface area contributed by atoms with Gasteiger partial charge in [0, 0.05) is 50.2 Å². The number of nitrogens with one attached hydrogen (secondary N) is 1. The molecule has 0 spiro atoms. The van der Waals surface area contributed by atoms with Crippen LogP contribution >= 0.6 is 32.6 Å². The van der Waals surface area contributed by atoms with Crippen molar-refractivity contribution in [3.05, 3.63) is 129 Å². The maximum absolute atomic E-state index is 16.7. The Morgan fingerprint density at radius 3 is 1.93 bits per heavy atom. The van der Waals surface area contributed by atoms with Gasteiger partial charge in [-0.15, -0.1) is 0 Å². The van der Waals surface area contributed by atoms with E-state index in [0.717, 1.165) is 26.4 Å². The van der Waals surface area contributed by atoms with Crippen molar-refractivity contribution in [2.24, 2.45) is 0 Å². The van der Waals surface area contributed by atoms with E-state index in [2.05, 4.69) is 50.0 Å². The van der Waals surface area contributed by atoms with Crippen LogP contribution in [0.5, 0.6) is 0 Å². The van der Waals surface area contributed by atoms with Gasteiger partial charge < -0.3 is 4.98 Å². The second-order valence-electron chi connectivity index (χ2n) is 13.3.